The lowest BCUT2D eigenvalue weighted by Gasteiger charge is -2.23. The zero-order valence-corrected chi connectivity index (χ0v) is 14.9. The first-order chi connectivity index (χ1) is 12.6. The minimum Gasteiger partial charge on any atom is -0.388 e. The number of benzene rings is 2. The van der Waals surface area contributed by atoms with E-state index in [9.17, 15) is 14.3 Å². The third-order valence-electron chi connectivity index (χ3n) is 4.85. The van der Waals surface area contributed by atoms with Crippen molar-refractivity contribution in [2.75, 3.05) is 26.2 Å². The first-order valence-electron chi connectivity index (χ1n) is 9.10. The van der Waals surface area contributed by atoms with E-state index in [-0.39, 0.29) is 18.1 Å². The van der Waals surface area contributed by atoms with Gasteiger partial charge in [-0.25, -0.2) is 4.39 Å². The number of aliphatic hydroxyl groups is 1. The third-order valence-corrected chi connectivity index (χ3v) is 4.85. The first kappa shape index (κ1) is 18.5. The van der Waals surface area contributed by atoms with Crippen LogP contribution in [0.4, 0.5) is 4.39 Å². The van der Waals surface area contributed by atoms with E-state index in [1.165, 1.54) is 6.07 Å². The molecule has 0 aromatic heterocycles. The molecule has 5 heteroatoms. The summed E-state index contributed by atoms with van der Waals surface area (Å²) < 4.78 is 13.8. The van der Waals surface area contributed by atoms with Gasteiger partial charge in [-0.05, 0) is 18.1 Å². The molecule has 1 fully saturated rings. The van der Waals surface area contributed by atoms with Gasteiger partial charge in [-0.2, -0.15) is 0 Å². The van der Waals surface area contributed by atoms with Crippen LogP contribution in [-0.4, -0.2) is 47.0 Å². The fraction of sp³-hybridized carbons (Fsp3) is 0.381. The van der Waals surface area contributed by atoms with Gasteiger partial charge in [-0.1, -0.05) is 48.5 Å². The Morgan fingerprint density at radius 3 is 2.50 bits per heavy atom. The van der Waals surface area contributed by atoms with Crippen molar-refractivity contribution >= 4 is 5.91 Å². The Morgan fingerprint density at radius 1 is 1.00 bits per heavy atom. The molecule has 0 bridgehead atoms. The molecule has 138 valence electrons. The van der Waals surface area contributed by atoms with Crippen LogP contribution in [0.25, 0.3) is 0 Å². The molecular formula is C21H25FN2O2. The Labute approximate surface area is 153 Å². The second-order valence-electron chi connectivity index (χ2n) is 6.73. The van der Waals surface area contributed by atoms with Gasteiger partial charge in [0.1, 0.15) is 5.82 Å². The van der Waals surface area contributed by atoms with Crippen LogP contribution in [0.3, 0.4) is 0 Å². The molecule has 1 aliphatic heterocycles. The molecule has 1 heterocycles. The number of hydrogen-bond acceptors (Lipinski definition) is 3. The van der Waals surface area contributed by atoms with E-state index in [0.717, 1.165) is 18.5 Å². The summed E-state index contributed by atoms with van der Waals surface area (Å²) in [5, 5.41) is 10.3. The molecule has 26 heavy (non-hydrogen) atoms. The number of halogens is 1. The fourth-order valence-corrected chi connectivity index (χ4v) is 3.33. The smallest absolute Gasteiger partial charge is 0.225 e. The van der Waals surface area contributed by atoms with Crippen molar-refractivity contribution in [2.45, 2.75) is 25.5 Å². The number of hydrogen-bond donors (Lipinski definition) is 1. The van der Waals surface area contributed by atoms with Crippen LogP contribution in [0.1, 0.15) is 30.1 Å². The van der Waals surface area contributed by atoms with Crippen LogP contribution < -0.4 is 0 Å². The molecule has 0 radical (unpaired) electrons. The minimum absolute atomic E-state index is 0.0332. The quantitative estimate of drug-likeness (QED) is 0.896. The zero-order chi connectivity index (χ0) is 18.4. The monoisotopic (exact) mass is 356 g/mol. The van der Waals surface area contributed by atoms with Crippen molar-refractivity contribution in [1.82, 2.24) is 9.80 Å². The van der Waals surface area contributed by atoms with Crippen LogP contribution in [0, 0.1) is 5.82 Å². The van der Waals surface area contributed by atoms with Gasteiger partial charge >= 0.3 is 0 Å². The lowest BCUT2D eigenvalue weighted by Crippen LogP contribution is -2.35. The van der Waals surface area contributed by atoms with Crippen molar-refractivity contribution in [3.8, 4) is 0 Å². The van der Waals surface area contributed by atoms with E-state index in [2.05, 4.69) is 4.90 Å². The average molecular weight is 356 g/mol. The van der Waals surface area contributed by atoms with Gasteiger partial charge < -0.3 is 10.0 Å². The van der Waals surface area contributed by atoms with Gasteiger partial charge in [0.05, 0.1) is 12.5 Å². The van der Waals surface area contributed by atoms with Gasteiger partial charge in [0.2, 0.25) is 5.91 Å². The highest BCUT2D eigenvalue weighted by Gasteiger charge is 2.22. The minimum atomic E-state index is -0.776. The van der Waals surface area contributed by atoms with Crippen molar-refractivity contribution in [3.05, 3.63) is 71.5 Å². The second kappa shape index (κ2) is 8.92. The molecule has 1 amide bonds. The first-order valence-corrected chi connectivity index (χ1v) is 9.10. The van der Waals surface area contributed by atoms with Crippen molar-refractivity contribution in [3.63, 3.8) is 0 Å². The zero-order valence-electron chi connectivity index (χ0n) is 14.9. The predicted octanol–water partition coefficient (Wildman–Crippen LogP) is 2.98. The Bertz CT molecular complexity index is 723. The number of carbonyl (C=O) groups is 1. The Balaban J connectivity index is 1.53. The van der Waals surface area contributed by atoms with E-state index >= 15 is 0 Å². The molecular weight excluding hydrogens is 331 g/mol. The van der Waals surface area contributed by atoms with Gasteiger partial charge in [0.15, 0.2) is 0 Å². The summed E-state index contributed by atoms with van der Waals surface area (Å²) in [6.45, 7) is 3.38. The molecule has 1 saturated heterocycles. The van der Waals surface area contributed by atoms with Crippen LogP contribution in [0.2, 0.25) is 0 Å². The number of nitrogens with zero attached hydrogens (tertiary/aromatic N) is 2. The van der Waals surface area contributed by atoms with Gasteiger partial charge in [-0.3, -0.25) is 9.69 Å². The normalized spacial score (nSPS) is 16.9. The highest BCUT2D eigenvalue weighted by molar-refractivity contribution is 5.77. The molecule has 3 rings (SSSR count). The topological polar surface area (TPSA) is 43.8 Å². The SMILES string of the molecule is O=C(CC(O)c1ccccc1)N1CCCN(Cc2ccccc2F)CC1. The highest BCUT2D eigenvalue weighted by atomic mass is 19.1. The van der Waals surface area contributed by atoms with E-state index in [1.54, 1.807) is 12.1 Å². The lowest BCUT2D eigenvalue weighted by atomic mass is 10.1. The molecule has 0 aliphatic carbocycles. The second-order valence-corrected chi connectivity index (χ2v) is 6.73. The lowest BCUT2D eigenvalue weighted by molar-refractivity contribution is -0.133. The summed E-state index contributed by atoms with van der Waals surface area (Å²) in [6.07, 6.45) is 0.167. The largest absolute Gasteiger partial charge is 0.388 e. The number of aliphatic hydroxyl groups excluding tert-OH is 1. The maximum Gasteiger partial charge on any atom is 0.225 e. The number of amides is 1. The van der Waals surface area contributed by atoms with Crippen LogP contribution in [0.5, 0.6) is 0 Å². The van der Waals surface area contributed by atoms with Crippen molar-refractivity contribution in [1.29, 1.82) is 0 Å². The van der Waals surface area contributed by atoms with Crippen LogP contribution >= 0.6 is 0 Å². The number of rotatable bonds is 5. The summed E-state index contributed by atoms with van der Waals surface area (Å²) >= 11 is 0. The Kier molecular flexibility index (Phi) is 6.36. The molecule has 1 atom stereocenters. The highest BCUT2D eigenvalue weighted by Crippen LogP contribution is 2.18. The van der Waals surface area contributed by atoms with E-state index in [0.29, 0.717) is 31.7 Å². The summed E-state index contributed by atoms with van der Waals surface area (Å²) in [6, 6.07) is 16.1. The molecule has 0 spiro atoms. The fourth-order valence-electron chi connectivity index (χ4n) is 3.33. The van der Waals surface area contributed by atoms with E-state index in [1.807, 2.05) is 41.3 Å². The van der Waals surface area contributed by atoms with Crippen molar-refractivity contribution < 1.29 is 14.3 Å². The molecule has 1 N–H and O–H groups in total. The summed E-state index contributed by atoms with van der Waals surface area (Å²) in [5.41, 5.74) is 1.45. The predicted molar refractivity (Wildman–Crippen MR) is 98.9 cm³/mol. The van der Waals surface area contributed by atoms with Crippen LogP contribution in [0.15, 0.2) is 54.6 Å². The summed E-state index contributed by atoms with van der Waals surface area (Å²) in [5.74, 6) is -0.218. The molecule has 4 nitrogen and oxygen atoms in total. The Morgan fingerprint density at radius 2 is 1.73 bits per heavy atom. The summed E-state index contributed by atoms with van der Waals surface area (Å²) in [4.78, 5) is 16.5. The molecule has 1 unspecified atom stereocenters. The van der Waals surface area contributed by atoms with E-state index in [4.69, 9.17) is 0 Å². The Hall–Kier alpha value is -2.24. The maximum atomic E-state index is 13.8. The van der Waals surface area contributed by atoms with Gasteiger partial charge in [0, 0.05) is 38.3 Å². The summed E-state index contributed by atoms with van der Waals surface area (Å²) in [7, 11) is 0. The molecule has 2 aromatic carbocycles. The maximum absolute atomic E-state index is 13.8. The van der Waals surface area contributed by atoms with Crippen LogP contribution in [-0.2, 0) is 11.3 Å². The van der Waals surface area contributed by atoms with Gasteiger partial charge in [0.25, 0.3) is 0 Å². The molecule has 0 saturated carbocycles. The standard InChI is InChI=1S/C21H25FN2O2/c22-19-10-5-4-9-18(19)16-23-11-6-12-24(14-13-23)21(26)15-20(25)17-7-2-1-3-8-17/h1-5,7-10,20,25H,6,11-16H2. The number of carbonyl (C=O) groups excluding carboxylic acids is 1. The average Bonchev–Trinajstić information content (AvgIpc) is 2.90. The van der Waals surface area contributed by atoms with E-state index < -0.39 is 6.10 Å². The third kappa shape index (κ3) is 4.90. The molecule has 2 aromatic rings. The van der Waals surface area contributed by atoms with Gasteiger partial charge in [-0.15, -0.1) is 0 Å². The van der Waals surface area contributed by atoms with Crippen molar-refractivity contribution in [2.24, 2.45) is 0 Å². The molecule has 1 aliphatic rings.